The van der Waals surface area contributed by atoms with E-state index in [0.717, 1.165) is 24.9 Å². The number of sulfone groups is 1. The summed E-state index contributed by atoms with van der Waals surface area (Å²) in [6, 6.07) is 15.7. The lowest BCUT2D eigenvalue weighted by Gasteiger charge is -2.19. The predicted molar refractivity (Wildman–Crippen MR) is 104 cm³/mol. The van der Waals surface area contributed by atoms with Gasteiger partial charge < -0.3 is 10.6 Å². The van der Waals surface area contributed by atoms with E-state index in [1.54, 1.807) is 30.3 Å². The van der Waals surface area contributed by atoms with Crippen LogP contribution in [0.5, 0.6) is 0 Å². The maximum Gasteiger partial charge on any atom is 0.253 e. The van der Waals surface area contributed by atoms with Gasteiger partial charge in [0, 0.05) is 24.7 Å². The van der Waals surface area contributed by atoms with Gasteiger partial charge in [-0.15, -0.1) is 0 Å². The molecule has 6 heteroatoms. The maximum absolute atomic E-state index is 12.9. The van der Waals surface area contributed by atoms with Gasteiger partial charge in [0.1, 0.15) is 0 Å². The van der Waals surface area contributed by atoms with Gasteiger partial charge in [0.15, 0.2) is 9.84 Å². The average Bonchev–Trinajstić information content (AvgIpc) is 3.24. The third-order valence-electron chi connectivity index (χ3n) is 5.84. The molecule has 3 atom stereocenters. The molecule has 1 heterocycles. The van der Waals surface area contributed by atoms with Crippen LogP contribution < -0.4 is 5.73 Å². The van der Waals surface area contributed by atoms with Crippen LogP contribution in [0.15, 0.2) is 59.5 Å². The lowest BCUT2D eigenvalue weighted by atomic mass is 9.98. The molecule has 142 valence electrons. The van der Waals surface area contributed by atoms with Crippen molar-refractivity contribution in [2.75, 3.05) is 13.1 Å². The molecule has 2 aromatic rings. The monoisotopic (exact) mass is 384 g/mol. The summed E-state index contributed by atoms with van der Waals surface area (Å²) < 4.78 is 25.5. The molecule has 2 N–H and O–H groups in total. The number of benzene rings is 2. The van der Waals surface area contributed by atoms with Gasteiger partial charge in [0.05, 0.1) is 10.6 Å². The zero-order valence-electron chi connectivity index (χ0n) is 15.1. The minimum Gasteiger partial charge on any atom is -0.338 e. The highest BCUT2D eigenvalue weighted by molar-refractivity contribution is 7.90. The summed E-state index contributed by atoms with van der Waals surface area (Å²) in [6.45, 7) is 1.39. The smallest absolute Gasteiger partial charge is 0.253 e. The van der Waals surface area contributed by atoms with Crippen LogP contribution in [0.4, 0.5) is 0 Å². The van der Waals surface area contributed by atoms with Crippen LogP contribution in [0.25, 0.3) is 0 Å². The molecule has 1 amide bonds. The zero-order valence-corrected chi connectivity index (χ0v) is 15.9. The molecule has 3 unspecified atom stereocenters. The number of amides is 1. The van der Waals surface area contributed by atoms with Crippen molar-refractivity contribution in [3.05, 3.63) is 65.7 Å². The topological polar surface area (TPSA) is 80.5 Å². The number of likely N-dealkylation sites (tertiary alicyclic amines) is 1. The van der Waals surface area contributed by atoms with Crippen LogP contribution in [0.2, 0.25) is 0 Å². The molecule has 2 aliphatic rings. The number of nitrogens with zero attached hydrogens (tertiary/aromatic N) is 1. The van der Waals surface area contributed by atoms with Crippen molar-refractivity contribution in [1.29, 1.82) is 0 Å². The van der Waals surface area contributed by atoms with E-state index in [9.17, 15) is 13.2 Å². The van der Waals surface area contributed by atoms with Crippen LogP contribution in [0.1, 0.15) is 28.8 Å². The van der Waals surface area contributed by atoms with Crippen molar-refractivity contribution in [3.63, 3.8) is 0 Å². The molecule has 1 saturated carbocycles. The number of fused-ring (bicyclic) bond motifs is 1. The molecule has 27 heavy (non-hydrogen) atoms. The van der Waals surface area contributed by atoms with Crippen molar-refractivity contribution in [2.45, 2.75) is 29.5 Å². The Kier molecular flexibility index (Phi) is 4.78. The Bertz CT molecular complexity index is 943. The van der Waals surface area contributed by atoms with E-state index in [1.807, 2.05) is 23.1 Å². The van der Waals surface area contributed by atoms with E-state index in [1.165, 1.54) is 6.07 Å². The van der Waals surface area contributed by atoms with E-state index in [2.05, 4.69) is 0 Å². The Hall–Kier alpha value is -2.18. The minimum atomic E-state index is -3.51. The molecule has 0 bridgehead atoms. The normalized spacial score (nSPS) is 24.8. The van der Waals surface area contributed by atoms with Crippen molar-refractivity contribution < 1.29 is 13.2 Å². The molecule has 1 saturated heterocycles. The fourth-order valence-corrected chi connectivity index (χ4v) is 5.75. The first-order valence-electron chi connectivity index (χ1n) is 9.35. The molecule has 2 fully saturated rings. The van der Waals surface area contributed by atoms with E-state index in [0.29, 0.717) is 23.9 Å². The highest BCUT2D eigenvalue weighted by Gasteiger charge is 2.42. The van der Waals surface area contributed by atoms with Gasteiger partial charge in [-0.2, -0.15) is 0 Å². The van der Waals surface area contributed by atoms with Crippen LogP contribution >= 0.6 is 0 Å². The van der Waals surface area contributed by atoms with Gasteiger partial charge in [-0.3, -0.25) is 4.79 Å². The summed E-state index contributed by atoms with van der Waals surface area (Å²) in [7, 11) is -3.51. The van der Waals surface area contributed by atoms with Crippen LogP contribution in [0.3, 0.4) is 0 Å². The van der Waals surface area contributed by atoms with Gasteiger partial charge in [-0.05, 0) is 48.4 Å². The Morgan fingerprint density at radius 2 is 1.81 bits per heavy atom. The fraction of sp³-hybridized carbons (Fsp3) is 0.381. The molecule has 1 aliphatic carbocycles. The Balaban J connectivity index is 1.53. The largest absolute Gasteiger partial charge is 0.338 e. The second-order valence-corrected chi connectivity index (χ2v) is 9.64. The van der Waals surface area contributed by atoms with E-state index < -0.39 is 9.84 Å². The lowest BCUT2D eigenvalue weighted by Crippen LogP contribution is -2.33. The van der Waals surface area contributed by atoms with Crippen LogP contribution in [-0.2, 0) is 15.6 Å². The molecule has 1 aliphatic heterocycles. The van der Waals surface area contributed by atoms with E-state index in [4.69, 9.17) is 5.73 Å². The SMILES string of the molecule is NC1CCC2CN(C(=O)c3cccc(S(=O)(=O)Cc4ccccc4)c3)CC12. The first-order chi connectivity index (χ1) is 12.9. The molecule has 5 nitrogen and oxygen atoms in total. The molecule has 0 aromatic heterocycles. The summed E-state index contributed by atoms with van der Waals surface area (Å²) in [6.07, 6.45) is 2.10. The highest BCUT2D eigenvalue weighted by Crippen LogP contribution is 2.37. The second-order valence-electron chi connectivity index (χ2n) is 7.65. The zero-order chi connectivity index (χ0) is 19.0. The molecule has 4 rings (SSSR count). The number of carbonyl (C=O) groups is 1. The first-order valence-corrected chi connectivity index (χ1v) is 11.0. The highest BCUT2D eigenvalue weighted by atomic mass is 32.2. The number of hydrogen-bond acceptors (Lipinski definition) is 4. The maximum atomic E-state index is 12.9. The standard InChI is InChI=1S/C21H24N2O3S/c22-20-10-9-17-12-23(13-19(17)20)21(24)16-7-4-8-18(11-16)27(25,26)14-15-5-2-1-3-6-15/h1-8,11,17,19-20H,9-10,12-14,22H2. The lowest BCUT2D eigenvalue weighted by molar-refractivity contribution is 0.0779. The molecule has 2 aromatic carbocycles. The van der Waals surface area contributed by atoms with E-state index >= 15 is 0 Å². The predicted octanol–water partition coefficient (Wildman–Crippen LogP) is 2.47. The Morgan fingerprint density at radius 1 is 1.04 bits per heavy atom. The third kappa shape index (κ3) is 3.64. The second kappa shape index (κ2) is 7.09. The molecular formula is C21H24N2O3S. The number of rotatable bonds is 4. The average molecular weight is 385 g/mol. The fourth-order valence-electron chi connectivity index (χ4n) is 4.36. The number of hydrogen-bond donors (Lipinski definition) is 1. The summed E-state index contributed by atoms with van der Waals surface area (Å²) in [5.74, 6) is 0.676. The van der Waals surface area contributed by atoms with Gasteiger partial charge in [0.25, 0.3) is 5.91 Å². The van der Waals surface area contributed by atoms with Crippen molar-refractivity contribution >= 4 is 15.7 Å². The molecular weight excluding hydrogens is 360 g/mol. The summed E-state index contributed by atoms with van der Waals surface area (Å²) in [5, 5.41) is 0. The first kappa shape index (κ1) is 18.2. The van der Waals surface area contributed by atoms with Crippen molar-refractivity contribution in [1.82, 2.24) is 4.90 Å². The van der Waals surface area contributed by atoms with Gasteiger partial charge in [0.2, 0.25) is 0 Å². The summed E-state index contributed by atoms with van der Waals surface area (Å²) in [4.78, 5) is 14.9. The van der Waals surface area contributed by atoms with Crippen molar-refractivity contribution in [3.8, 4) is 0 Å². The third-order valence-corrected chi connectivity index (χ3v) is 7.52. The summed E-state index contributed by atoms with van der Waals surface area (Å²) in [5.41, 5.74) is 7.32. The van der Waals surface area contributed by atoms with E-state index in [-0.39, 0.29) is 22.6 Å². The minimum absolute atomic E-state index is 0.0752. The quantitative estimate of drug-likeness (QED) is 0.878. The van der Waals surface area contributed by atoms with Crippen LogP contribution in [0, 0.1) is 11.8 Å². The Labute approximate surface area is 160 Å². The van der Waals surface area contributed by atoms with Gasteiger partial charge in [-0.1, -0.05) is 36.4 Å². The van der Waals surface area contributed by atoms with Gasteiger partial charge in [-0.25, -0.2) is 8.42 Å². The summed E-state index contributed by atoms with van der Waals surface area (Å²) >= 11 is 0. The number of carbonyl (C=O) groups excluding carboxylic acids is 1. The van der Waals surface area contributed by atoms with Crippen LogP contribution in [-0.4, -0.2) is 38.4 Å². The number of nitrogens with two attached hydrogens (primary N) is 1. The van der Waals surface area contributed by atoms with Crippen molar-refractivity contribution in [2.24, 2.45) is 17.6 Å². The Morgan fingerprint density at radius 3 is 2.56 bits per heavy atom. The van der Waals surface area contributed by atoms with Gasteiger partial charge >= 0.3 is 0 Å². The molecule has 0 spiro atoms. The molecule has 0 radical (unpaired) electrons.